The molecule has 2 heterocycles. The van der Waals surface area contributed by atoms with E-state index in [0.717, 1.165) is 4.70 Å². The van der Waals surface area contributed by atoms with Gasteiger partial charge in [0, 0.05) is 7.05 Å². The van der Waals surface area contributed by atoms with Gasteiger partial charge in [-0.3, -0.25) is 24.9 Å². The maximum atomic E-state index is 12.2. The van der Waals surface area contributed by atoms with E-state index in [1.165, 1.54) is 29.3 Å². The van der Waals surface area contributed by atoms with Gasteiger partial charge < -0.3 is 4.74 Å². The highest BCUT2D eigenvalue weighted by Crippen LogP contribution is 2.29. The van der Waals surface area contributed by atoms with Gasteiger partial charge in [0.15, 0.2) is 5.13 Å². The third-order valence-electron chi connectivity index (χ3n) is 3.04. The second kappa shape index (κ2) is 5.65. The van der Waals surface area contributed by atoms with E-state index >= 15 is 0 Å². The van der Waals surface area contributed by atoms with Gasteiger partial charge in [-0.1, -0.05) is 11.3 Å². The molecule has 1 aromatic carbocycles. The quantitative estimate of drug-likeness (QED) is 0.578. The van der Waals surface area contributed by atoms with Gasteiger partial charge in [-0.15, -0.1) is 0 Å². The number of nitrogens with zero attached hydrogens (tertiary/aromatic N) is 4. The van der Waals surface area contributed by atoms with E-state index in [9.17, 15) is 14.9 Å². The average Bonchev–Trinajstić information content (AvgIpc) is 3.09. The van der Waals surface area contributed by atoms with E-state index in [4.69, 9.17) is 4.74 Å². The van der Waals surface area contributed by atoms with Gasteiger partial charge >= 0.3 is 5.69 Å². The summed E-state index contributed by atoms with van der Waals surface area (Å²) in [6, 6.07) is 5.33. The summed E-state index contributed by atoms with van der Waals surface area (Å²) in [5.74, 6) is 0.00251. The van der Waals surface area contributed by atoms with Gasteiger partial charge in [-0.05, 0) is 18.2 Å². The second-order valence-corrected chi connectivity index (χ2v) is 5.63. The topological polar surface area (TPSA) is 112 Å². The van der Waals surface area contributed by atoms with Crippen LogP contribution < -0.4 is 10.1 Å². The van der Waals surface area contributed by atoms with Gasteiger partial charge in [0.1, 0.15) is 11.9 Å². The first kappa shape index (κ1) is 14.9. The molecule has 0 aliphatic carbocycles. The van der Waals surface area contributed by atoms with Crippen LogP contribution in [0, 0.1) is 10.1 Å². The Bertz CT molecular complexity index is 916. The van der Waals surface area contributed by atoms with E-state index in [1.807, 2.05) is 0 Å². The number of aryl methyl sites for hydroxylation is 1. The highest BCUT2D eigenvalue weighted by molar-refractivity contribution is 7.22. The molecule has 0 radical (unpaired) electrons. The Hall–Kier alpha value is -3.01. The van der Waals surface area contributed by atoms with E-state index in [-0.39, 0.29) is 11.4 Å². The number of methoxy groups -OCH3 is 1. The van der Waals surface area contributed by atoms with Gasteiger partial charge in [0.25, 0.3) is 5.91 Å². The zero-order chi connectivity index (χ0) is 16.6. The number of amides is 1. The molecule has 1 N–H and O–H groups in total. The van der Waals surface area contributed by atoms with E-state index in [0.29, 0.717) is 16.4 Å². The fraction of sp³-hybridized carbons (Fsp3) is 0.154. The van der Waals surface area contributed by atoms with Gasteiger partial charge in [0.2, 0.25) is 5.69 Å². The number of nitro groups is 1. The minimum atomic E-state index is -0.677. The molecule has 0 saturated heterocycles. The van der Waals surface area contributed by atoms with E-state index in [1.54, 1.807) is 25.3 Å². The number of hydrogen-bond donors (Lipinski definition) is 1. The molecule has 1 amide bonds. The SMILES string of the molecule is COc1ccc2nc(NC(=O)c3nn(C)cc3[N+](=O)[O-])sc2c1. The van der Waals surface area contributed by atoms with Crippen LogP contribution in [0.3, 0.4) is 0 Å². The minimum absolute atomic E-state index is 0.255. The summed E-state index contributed by atoms with van der Waals surface area (Å²) < 4.78 is 7.18. The van der Waals surface area contributed by atoms with Crippen LogP contribution in [-0.2, 0) is 7.05 Å². The van der Waals surface area contributed by atoms with Gasteiger partial charge in [-0.2, -0.15) is 5.10 Å². The Morgan fingerprint density at radius 3 is 2.96 bits per heavy atom. The molecule has 3 rings (SSSR count). The molecule has 0 aliphatic heterocycles. The zero-order valence-electron chi connectivity index (χ0n) is 12.1. The van der Waals surface area contributed by atoms with Crippen LogP contribution in [0.5, 0.6) is 5.75 Å². The fourth-order valence-corrected chi connectivity index (χ4v) is 2.90. The zero-order valence-corrected chi connectivity index (χ0v) is 13.0. The molecule has 23 heavy (non-hydrogen) atoms. The summed E-state index contributed by atoms with van der Waals surface area (Å²) >= 11 is 1.24. The lowest BCUT2D eigenvalue weighted by molar-refractivity contribution is -0.385. The molecule has 0 unspecified atom stereocenters. The summed E-state index contributed by atoms with van der Waals surface area (Å²) in [7, 11) is 3.07. The lowest BCUT2D eigenvalue weighted by Gasteiger charge is -1.97. The first-order chi connectivity index (χ1) is 11.0. The van der Waals surface area contributed by atoms with Crippen LogP contribution >= 0.6 is 11.3 Å². The molecular formula is C13H11N5O4S. The van der Waals surface area contributed by atoms with Crippen molar-refractivity contribution in [1.29, 1.82) is 0 Å². The molecule has 0 saturated carbocycles. The van der Waals surface area contributed by atoms with Crippen LogP contribution in [0.15, 0.2) is 24.4 Å². The van der Waals surface area contributed by atoms with Crippen LogP contribution in [0.25, 0.3) is 10.2 Å². The third kappa shape index (κ3) is 2.83. The van der Waals surface area contributed by atoms with Crippen molar-refractivity contribution in [2.75, 3.05) is 12.4 Å². The summed E-state index contributed by atoms with van der Waals surface area (Å²) in [6.45, 7) is 0. The molecule has 0 spiro atoms. The third-order valence-corrected chi connectivity index (χ3v) is 3.97. The van der Waals surface area contributed by atoms with Gasteiger partial charge in [0.05, 0.1) is 22.2 Å². The number of anilines is 1. The highest BCUT2D eigenvalue weighted by atomic mass is 32.1. The van der Waals surface area contributed by atoms with Crippen LogP contribution in [-0.4, -0.2) is 32.7 Å². The fourth-order valence-electron chi connectivity index (χ4n) is 2.01. The lowest BCUT2D eigenvalue weighted by Crippen LogP contribution is -2.14. The van der Waals surface area contributed by atoms with Crippen molar-refractivity contribution < 1.29 is 14.5 Å². The largest absolute Gasteiger partial charge is 0.497 e. The number of fused-ring (bicyclic) bond motifs is 1. The van der Waals surface area contributed by atoms with E-state index in [2.05, 4.69) is 15.4 Å². The molecule has 3 aromatic rings. The monoisotopic (exact) mass is 333 g/mol. The van der Waals surface area contributed by atoms with Crippen molar-refractivity contribution in [2.24, 2.45) is 7.05 Å². The molecular weight excluding hydrogens is 322 g/mol. The normalized spacial score (nSPS) is 10.7. The number of benzene rings is 1. The number of ether oxygens (including phenoxy) is 1. The van der Waals surface area contributed by atoms with Crippen molar-refractivity contribution in [3.05, 3.63) is 40.2 Å². The van der Waals surface area contributed by atoms with E-state index < -0.39 is 10.8 Å². The molecule has 0 bridgehead atoms. The maximum absolute atomic E-state index is 12.2. The number of thiazole rings is 1. The maximum Gasteiger partial charge on any atom is 0.320 e. The lowest BCUT2D eigenvalue weighted by atomic mass is 10.3. The number of rotatable bonds is 4. The van der Waals surface area contributed by atoms with Crippen molar-refractivity contribution in [2.45, 2.75) is 0 Å². The standard InChI is InChI=1S/C13H11N5O4S/c1-17-6-9(18(20)21)11(16-17)12(19)15-13-14-8-4-3-7(22-2)5-10(8)23-13/h3-6H,1-2H3,(H,14,15,19). The molecule has 2 aromatic heterocycles. The Labute approximate surface area is 133 Å². The summed E-state index contributed by atoms with van der Waals surface area (Å²) in [4.78, 5) is 26.8. The van der Waals surface area contributed by atoms with Gasteiger partial charge in [-0.25, -0.2) is 4.98 Å². The smallest absolute Gasteiger partial charge is 0.320 e. The van der Waals surface area contributed by atoms with Crippen molar-refractivity contribution in [3.8, 4) is 5.75 Å². The molecule has 0 aliphatic rings. The van der Waals surface area contributed by atoms with Crippen molar-refractivity contribution in [1.82, 2.24) is 14.8 Å². The first-order valence-electron chi connectivity index (χ1n) is 6.42. The van der Waals surface area contributed by atoms with Crippen LogP contribution in [0.1, 0.15) is 10.5 Å². The van der Waals surface area contributed by atoms with Crippen molar-refractivity contribution >= 4 is 38.3 Å². The predicted octanol–water partition coefficient (Wildman–Crippen LogP) is 2.20. The predicted molar refractivity (Wildman–Crippen MR) is 84.0 cm³/mol. The Kier molecular flexibility index (Phi) is 3.66. The van der Waals surface area contributed by atoms with Crippen LogP contribution in [0.2, 0.25) is 0 Å². The summed E-state index contributed by atoms with van der Waals surface area (Å²) in [5.41, 5.74) is 0.0868. The highest BCUT2D eigenvalue weighted by Gasteiger charge is 2.25. The Morgan fingerprint density at radius 1 is 1.48 bits per heavy atom. The Balaban J connectivity index is 1.89. The Morgan fingerprint density at radius 2 is 2.26 bits per heavy atom. The molecule has 10 heteroatoms. The summed E-state index contributed by atoms with van der Waals surface area (Å²) in [5, 5.41) is 17.7. The average molecular weight is 333 g/mol. The molecule has 118 valence electrons. The number of nitrogens with one attached hydrogen (secondary N) is 1. The second-order valence-electron chi connectivity index (χ2n) is 4.60. The number of carbonyl (C=O) groups is 1. The first-order valence-corrected chi connectivity index (χ1v) is 7.23. The van der Waals surface area contributed by atoms with Crippen molar-refractivity contribution in [3.63, 3.8) is 0 Å². The minimum Gasteiger partial charge on any atom is -0.497 e. The number of hydrogen-bond acceptors (Lipinski definition) is 7. The molecule has 0 fully saturated rings. The number of aromatic nitrogens is 3. The summed E-state index contributed by atoms with van der Waals surface area (Å²) in [6.07, 6.45) is 1.18. The molecule has 0 atom stereocenters. The van der Waals surface area contributed by atoms with Crippen LogP contribution in [0.4, 0.5) is 10.8 Å². The number of carbonyl (C=O) groups excluding carboxylic acids is 1. The molecule has 9 nitrogen and oxygen atoms in total.